The second kappa shape index (κ2) is 3.14. The van der Waals surface area contributed by atoms with Gasteiger partial charge in [0.05, 0.1) is 0 Å². The van der Waals surface area contributed by atoms with Crippen LogP contribution in [0.1, 0.15) is 6.42 Å². The average molecular weight is 147 g/mol. The number of carbonyl (C=O) groups excluding carboxylic acids is 1. The van der Waals surface area contributed by atoms with Crippen LogP contribution >= 0.6 is 9.24 Å². The van der Waals surface area contributed by atoms with E-state index in [0.717, 1.165) is 12.6 Å². The summed E-state index contributed by atoms with van der Waals surface area (Å²) < 4.78 is 4.66. The zero-order chi connectivity index (χ0) is 6.69. The molecule has 0 radical (unpaired) electrons. The van der Waals surface area contributed by atoms with Crippen molar-refractivity contribution in [3.05, 3.63) is 0 Å². The Morgan fingerprint density at radius 2 is 2.67 bits per heavy atom. The Balaban J connectivity index is 2.31. The number of hydrogen-bond donors (Lipinski definition) is 1. The molecule has 0 spiro atoms. The molecule has 0 aromatic heterocycles. The van der Waals surface area contributed by atoms with E-state index in [4.69, 9.17) is 0 Å². The van der Waals surface area contributed by atoms with Gasteiger partial charge in [0, 0.05) is 0 Å². The Hall–Kier alpha value is -0.140. The molecule has 1 fully saturated rings. The maximum absolute atomic E-state index is 10.7. The molecule has 0 amide bonds. The lowest BCUT2D eigenvalue weighted by molar-refractivity contribution is -0.139. The summed E-state index contributed by atoms with van der Waals surface area (Å²) in [4.78, 5) is 10.7. The summed E-state index contributed by atoms with van der Waals surface area (Å²) in [6, 6.07) is -0.0532. The smallest absolute Gasteiger partial charge is 0.324 e. The second-order valence-electron chi connectivity index (χ2n) is 1.94. The van der Waals surface area contributed by atoms with Gasteiger partial charge in [0.2, 0.25) is 0 Å². The molecule has 3 nitrogen and oxygen atoms in total. The average Bonchev–Trinajstić information content (AvgIpc) is 2.18. The number of rotatable bonds is 2. The maximum atomic E-state index is 10.7. The summed E-state index contributed by atoms with van der Waals surface area (Å²) in [6.45, 7) is 0.383. The van der Waals surface area contributed by atoms with Crippen molar-refractivity contribution in [1.82, 2.24) is 5.32 Å². The van der Waals surface area contributed by atoms with Crippen LogP contribution in [0.2, 0.25) is 0 Å². The third kappa shape index (κ3) is 1.63. The summed E-state index contributed by atoms with van der Waals surface area (Å²) >= 11 is 0. The van der Waals surface area contributed by atoms with Crippen molar-refractivity contribution in [1.29, 1.82) is 0 Å². The molecule has 1 aliphatic heterocycles. The first kappa shape index (κ1) is 6.97. The van der Waals surface area contributed by atoms with Crippen molar-refractivity contribution in [2.75, 3.05) is 12.9 Å². The molecule has 1 heterocycles. The summed E-state index contributed by atoms with van der Waals surface area (Å²) in [5.41, 5.74) is 0. The molecule has 4 heteroatoms. The van der Waals surface area contributed by atoms with Crippen LogP contribution in [0.3, 0.4) is 0 Å². The van der Waals surface area contributed by atoms with E-state index in [1.54, 1.807) is 0 Å². The molecule has 1 N–H and O–H groups in total. The molecule has 2 atom stereocenters. The highest BCUT2D eigenvalue weighted by Gasteiger charge is 2.23. The second-order valence-corrected chi connectivity index (χ2v) is 2.52. The molecule has 9 heavy (non-hydrogen) atoms. The van der Waals surface area contributed by atoms with Gasteiger partial charge in [0.25, 0.3) is 0 Å². The molecule has 0 saturated carbocycles. The van der Waals surface area contributed by atoms with Gasteiger partial charge in [-0.3, -0.25) is 10.1 Å². The number of carbonyl (C=O) groups is 1. The fraction of sp³-hybridized carbons (Fsp3) is 0.800. The minimum atomic E-state index is -0.113. The van der Waals surface area contributed by atoms with Crippen LogP contribution in [0.5, 0.6) is 0 Å². The summed E-state index contributed by atoms with van der Waals surface area (Å²) in [6.07, 6.45) is 1.79. The van der Waals surface area contributed by atoms with Crippen LogP contribution in [0, 0.1) is 0 Å². The molecule has 0 aliphatic carbocycles. The van der Waals surface area contributed by atoms with E-state index in [-0.39, 0.29) is 12.0 Å². The van der Waals surface area contributed by atoms with E-state index in [1.807, 2.05) is 0 Å². The predicted molar refractivity (Wildman–Crippen MR) is 37.1 cm³/mol. The Kier molecular flexibility index (Phi) is 2.43. The van der Waals surface area contributed by atoms with E-state index >= 15 is 0 Å². The fourth-order valence-corrected chi connectivity index (χ4v) is 1.12. The summed E-state index contributed by atoms with van der Waals surface area (Å²) in [7, 11) is 2.58. The van der Waals surface area contributed by atoms with Gasteiger partial charge < -0.3 is 4.74 Å². The minimum absolute atomic E-state index is 0.0532. The highest BCUT2D eigenvalue weighted by Crippen LogP contribution is 2.03. The van der Waals surface area contributed by atoms with E-state index < -0.39 is 0 Å². The van der Waals surface area contributed by atoms with Crippen molar-refractivity contribution >= 4 is 15.2 Å². The van der Waals surface area contributed by atoms with Crippen molar-refractivity contribution in [3.63, 3.8) is 0 Å². The third-order valence-electron chi connectivity index (χ3n) is 1.28. The Morgan fingerprint density at radius 1 is 1.89 bits per heavy atom. The number of ether oxygens (including phenoxy) is 1. The lowest BCUT2D eigenvalue weighted by Gasteiger charge is -2.00. The van der Waals surface area contributed by atoms with Crippen LogP contribution in [-0.4, -0.2) is 24.9 Å². The van der Waals surface area contributed by atoms with Crippen molar-refractivity contribution < 1.29 is 9.53 Å². The minimum Gasteiger partial charge on any atom is -0.449 e. The normalized spacial score (nSPS) is 26.3. The Bertz CT molecular complexity index is 118. The van der Waals surface area contributed by atoms with Crippen LogP contribution in [0.4, 0.5) is 0 Å². The first-order chi connectivity index (χ1) is 4.34. The van der Waals surface area contributed by atoms with Gasteiger partial charge >= 0.3 is 5.97 Å². The Morgan fingerprint density at radius 3 is 3.11 bits per heavy atom. The number of nitrogens with one attached hydrogen (secondary N) is 1. The number of cyclic esters (lactones) is 1. The standard InChI is InChI=1S/C5H10NO2P/c7-5-4(1-2-9)6-3-8-5/h4,6H,1-3,9H2. The van der Waals surface area contributed by atoms with Crippen molar-refractivity contribution in [2.45, 2.75) is 12.5 Å². The van der Waals surface area contributed by atoms with E-state index in [2.05, 4.69) is 19.3 Å². The Labute approximate surface area is 56.3 Å². The topological polar surface area (TPSA) is 38.3 Å². The maximum Gasteiger partial charge on any atom is 0.324 e. The van der Waals surface area contributed by atoms with Crippen LogP contribution in [0.25, 0.3) is 0 Å². The fourth-order valence-electron chi connectivity index (χ4n) is 0.784. The lowest BCUT2D eigenvalue weighted by Crippen LogP contribution is -2.27. The summed E-state index contributed by atoms with van der Waals surface area (Å²) in [5, 5.41) is 2.92. The van der Waals surface area contributed by atoms with Crippen LogP contribution in [0.15, 0.2) is 0 Å². The first-order valence-electron chi connectivity index (χ1n) is 2.94. The van der Waals surface area contributed by atoms with E-state index in [1.165, 1.54) is 0 Å². The van der Waals surface area contributed by atoms with Gasteiger partial charge in [-0.15, -0.1) is 9.24 Å². The number of hydrogen-bond acceptors (Lipinski definition) is 3. The van der Waals surface area contributed by atoms with Crippen molar-refractivity contribution in [3.8, 4) is 0 Å². The molecule has 2 unspecified atom stereocenters. The zero-order valence-electron chi connectivity index (χ0n) is 5.09. The van der Waals surface area contributed by atoms with Gasteiger partial charge in [-0.1, -0.05) is 0 Å². The quantitative estimate of drug-likeness (QED) is 0.431. The van der Waals surface area contributed by atoms with Gasteiger partial charge in [-0.25, -0.2) is 0 Å². The SMILES string of the molecule is O=C1OCNC1CCP. The van der Waals surface area contributed by atoms with Gasteiger partial charge in [0.1, 0.15) is 12.8 Å². The zero-order valence-corrected chi connectivity index (χ0v) is 6.25. The molecule has 0 aromatic rings. The largest absolute Gasteiger partial charge is 0.449 e. The van der Waals surface area contributed by atoms with E-state index in [9.17, 15) is 4.79 Å². The summed E-state index contributed by atoms with van der Waals surface area (Å²) in [5.74, 6) is -0.113. The highest BCUT2D eigenvalue weighted by atomic mass is 31.0. The molecule has 1 saturated heterocycles. The molecule has 0 bridgehead atoms. The van der Waals surface area contributed by atoms with Crippen molar-refractivity contribution in [2.24, 2.45) is 0 Å². The van der Waals surface area contributed by atoms with Gasteiger partial charge in [-0.05, 0) is 12.6 Å². The van der Waals surface area contributed by atoms with Gasteiger partial charge in [0.15, 0.2) is 0 Å². The van der Waals surface area contributed by atoms with E-state index in [0.29, 0.717) is 6.73 Å². The molecular formula is C5H10NO2P. The monoisotopic (exact) mass is 147 g/mol. The first-order valence-corrected chi connectivity index (χ1v) is 3.76. The molecule has 1 aliphatic rings. The molecular weight excluding hydrogens is 137 g/mol. The molecule has 0 aromatic carbocycles. The van der Waals surface area contributed by atoms with Crippen LogP contribution < -0.4 is 5.32 Å². The highest BCUT2D eigenvalue weighted by molar-refractivity contribution is 7.16. The van der Waals surface area contributed by atoms with Crippen LogP contribution in [-0.2, 0) is 9.53 Å². The molecule has 1 rings (SSSR count). The number of esters is 1. The molecule has 52 valence electrons. The van der Waals surface area contributed by atoms with Gasteiger partial charge in [-0.2, -0.15) is 0 Å². The third-order valence-corrected chi connectivity index (χ3v) is 1.62. The lowest BCUT2D eigenvalue weighted by atomic mass is 10.2. The predicted octanol–water partition coefficient (Wildman–Crippen LogP) is -0.276.